The lowest BCUT2D eigenvalue weighted by Gasteiger charge is -2.34. The number of hydrogen-bond donors (Lipinski definition) is 0. The van der Waals surface area contributed by atoms with E-state index in [0.29, 0.717) is 25.7 Å². The van der Waals surface area contributed by atoms with E-state index in [2.05, 4.69) is 0 Å². The average Bonchev–Trinajstić information content (AvgIpc) is 2.41. The molecule has 0 aliphatic heterocycles. The Bertz CT molecular complexity index is 458. The standard InChI is InChI=1S/C16H24F3NO3/c1-15(2,3)23-13(21)10-7-11-5-8-12(9-6-11)20(4)14(22)16(17,18)19/h7,10-12H,5-6,8-9H2,1-4H3/b10-7-. The molecule has 1 fully saturated rings. The van der Waals surface area contributed by atoms with Gasteiger partial charge in [-0.1, -0.05) is 6.08 Å². The van der Waals surface area contributed by atoms with Crippen molar-refractivity contribution in [2.45, 2.75) is 64.3 Å². The second-order valence-electron chi connectivity index (χ2n) is 6.88. The van der Waals surface area contributed by atoms with E-state index in [-0.39, 0.29) is 5.92 Å². The third-order valence-corrected chi connectivity index (χ3v) is 3.76. The number of allylic oxidation sites excluding steroid dienone is 1. The summed E-state index contributed by atoms with van der Waals surface area (Å²) in [5.74, 6) is -2.11. The summed E-state index contributed by atoms with van der Waals surface area (Å²) in [6, 6.07) is -0.407. The second kappa shape index (κ2) is 7.36. The van der Waals surface area contributed by atoms with Crippen molar-refractivity contribution in [2.75, 3.05) is 7.05 Å². The van der Waals surface area contributed by atoms with Crippen molar-refractivity contribution in [3.8, 4) is 0 Å². The van der Waals surface area contributed by atoms with Crippen LogP contribution in [0.15, 0.2) is 12.2 Å². The average molecular weight is 335 g/mol. The van der Waals surface area contributed by atoms with Crippen LogP contribution in [0.4, 0.5) is 13.2 Å². The van der Waals surface area contributed by atoms with Crippen molar-refractivity contribution in [3.05, 3.63) is 12.2 Å². The molecule has 0 aromatic carbocycles. The number of ether oxygens (including phenoxy) is 1. The Hall–Kier alpha value is -1.53. The van der Waals surface area contributed by atoms with Gasteiger partial charge in [0, 0.05) is 19.2 Å². The van der Waals surface area contributed by atoms with Crippen LogP contribution in [0.5, 0.6) is 0 Å². The molecule has 1 aliphatic rings. The van der Waals surface area contributed by atoms with Gasteiger partial charge in [-0.25, -0.2) is 4.79 Å². The number of amides is 1. The second-order valence-corrected chi connectivity index (χ2v) is 6.88. The monoisotopic (exact) mass is 335 g/mol. The van der Waals surface area contributed by atoms with E-state index in [0.717, 1.165) is 4.90 Å². The first kappa shape index (κ1) is 19.5. The molecule has 23 heavy (non-hydrogen) atoms. The van der Waals surface area contributed by atoms with Gasteiger partial charge >= 0.3 is 18.1 Å². The van der Waals surface area contributed by atoms with Gasteiger partial charge in [-0.05, 0) is 52.4 Å². The largest absolute Gasteiger partial charge is 0.471 e. The fraction of sp³-hybridized carbons (Fsp3) is 0.750. The Morgan fingerprint density at radius 3 is 2.04 bits per heavy atom. The highest BCUT2D eigenvalue weighted by Gasteiger charge is 2.43. The summed E-state index contributed by atoms with van der Waals surface area (Å²) < 4.78 is 42.4. The summed E-state index contributed by atoms with van der Waals surface area (Å²) in [4.78, 5) is 23.6. The van der Waals surface area contributed by atoms with Crippen LogP contribution in [0.25, 0.3) is 0 Å². The lowest BCUT2D eigenvalue weighted by Crippen LogP contribution is -2.45. The van der Waals surface area contributed by atoms with Gasteiger partial charge in [0.2, 0.25) is 0 Å². The van der Waals surface area contributed by atoms with Crippen LogP contribution in [0.2, 0.25) is 0 Å². The van der Waals surface area contributed by atoms with Gasteiger partial charge in [-0.3, -0.25) is 4.79 Å². The first-order valence-electron chi connectivity index (χ1n) is 7.65. The maximum atomic E-state index is 12.4. The topological polar surface area (TPSA) is 46.6 Å². The first-order chi connectivity index (χ1) is 10.4. The Balaban J connectivity index is 2.47. The molecule has 0 bridgehead atoms. The van der Waals surface area contributed by atoms with Crippen LogP contribution in [-0.2, 0) is 14.3 Å². The number of carbonyl (C=O) groups is 2. The van der Waals surface area contributed by atoms with E-state index < -0.39 is 29.7 Å². The number of rotatable bonds is 3. The number of hydrogen-bond acceptors (Lipinski definition) is 3. The van der Waals surface area contributed by atoms with Crippen molar-refractivity contribution >= 4 is 11.9 Å². The molecular weight excluding hydrogens is 311 g/mol. The van der Waals surface area contributed by atoms with Crippen molar-refractivity contribution in [2.24, 2.45) is 5.92 Å². The molecule has 1 amide bonds. The Labute approximate surface area is 134 Å². The molecule has 1 aliphatic carbocycles. The summed E-state index contributed by atoms with van der Waals surface area (Å²) in [6.07, 6.45) is 0.543. The summed E-state index contributed by atoms with van der Waals surface area (Å²) in [7, 11) is 1.19. The lowest BCUT2D eigenvalue weighted by molar-refractivity contribution is -0.186. The number of carbonyl (C=O) groups excluding carboxylic acids is 2. The van der Waals surface area contributed by atoms with Crippen molar-refractivity contribution in [3.63, 3.8) is 0 Å². The number of nitrogens with zero attached hydrogens (tertiary/aromatic N) is 1. The third-order valence-electron chi connectivity index (χ3n) is 3.76. The molecule has 0 heterocycles. The number of esters is 1. The van der Waals surface area contributed by atoms with Crippen molar-refractivity contribution in [1.82, 2.24) is 4.90 Å². The van der Waals surface area contributed by atoms with Crippen LogP contribution < -0.4 is 0 Å². The van der Waals surface area contributed by atoms with Gasteiger partial charge in [0.25, 0.3) is 0 Å². The Kier molecular flexibility index (Phi) is 6.25. The third kappa shape index (κ3) is 6.62. The fourth-order valence-electron chi connectivity index (χ4n) is 2.60. The predicted octanol–water partition coefficient (Wildman–Crippen LogP) is 3.46. The SMILES string of the molecule is CN(C(=O)C(F)(F)F)C1CCC(/C=C\C(=O)OC(C)(C)C)CC1. The molecule has 0 aromatic heterocycles. The maximum absolute atomic E-state index is 12.4. The summed E-state index contributed by atoms with van der Waals surface area (Å²) in [5, 5.41) is 0. The molecule has 0 saturated heterocycles. The molecule has 0 aromatic rings. The molecule has 132 valence electrons. The maximum Gasteiger partial charge on any atom is 0.471 e. The number of halogens is 3. The first-order valence-corrected chi connectivity index (χ1v) is 7.65. The van der Waals surface area contributed by atoms with E-state index in [1.165, 1.54) is 13.1 Å². The van der Waals surface area contributed by atoms with E-state index >= 15 is 0 Å². The molecule has 0 radical (unpaired) electrons. The Morgan fingerprint density at radius 1 is 1.09 bits per heavy atom. The summed E-state index contributed by atoms with van der Waals surface area (Å²) in [6.45, 7) is 5.33. The normalized spacial score (nSPS) is 22.9. The van der Waals surface area contributed by atoms with Gasteiger partial charge in [0.1, 0.15) is 5.60 Å². The van der Waals surface area contributed by atoms with Gasteiger partial charge in [0.05, 0.1) is 0 Å². The molecule has 1 saturated carbocycles. The fourth-order valence-corrected chi connectivity index (χ4v) is 2.60. The van der Waals surface area contributed by atoms with Gasteiger partial charge in [0.15, 0.2) is 0 Å². The van der Waals surface area contributed by atoms with Crippen molar-refractivity contribution in [1.29, 1.82) is 0 Å². The minimum atomic E-state index is -4.83. The highest BCUT2D eigenvalue weighted by atomic mass is 19.4. The zero-order valence-electron chi connectivity index (χ0n) is 13.9. The van der Waals surface area contributed by atoms with E-state index in [1.807, 2.05) is 0 Å². The lowest BCUT2D eigenvalue weighted by atomic mass is 9.85. The van der Waals surface area contributed by atoms with Gasteiger partial charge in [-0.15, -0.1) is 0 Å². The van der Waals surface area contributed by atoms with E-state index in [1.54, 1.807) is 26.8 Å². The quantitative estimate of drug-likeness (QED) is 0.586. The smallest absolute Gasteiger partial charge is 0.457 e. The van der Waals surface area contributed by atoms with E-state index in [4.69, 9.17) is 4.74 Å². The molecule has 0 N–H and O–H groups in total. The van der Waals surface area contributed by atoms with Crippen LogP contribution in [0.1, 0.15) is 46.5 Å². The van der Waals surface area contributed by atoms with Crippen LogP contribution in [0.3, 0.4) is 0 Å². The van der Waals surface area contributed by atoms with E-state index in [9.17, 15) is 22.8 Å². The minimum absolute atomic E-state index is 0.119. The van der Waals surface area contributed by atoms with Gasteiger partial charge < -0.3 is 9.64 Å². The summed E-state index contributed by atoms with van der Waals surface area (Å²) in [5.41, 5.74) is -0.556. The number of alkyl halides is 3. The highest BCUT2D eigenvalue weighted by Crippen LogP contribution is 2.30. The molecule has 0 spiro atoms. The molecular formula is C16H24F3NO3. The minimum Gasteiger partial charge on any atom is -0.457 e. The highest BCUT2D eigenvalue weighted by molar-refractivity contribution is 5.82. The van der Waals surface area contributed by atoms with Crippen molar-refractivity contribution < 1.29 is 27.5 Å². The zero-order valence-corrected chi connectivity index (χ0v) is 13.9. The molecule has 0 atom stereocenters. The van der Waals surface area contributed by atoms with Crippen LogP contribution >= 0.6 is 0 Å². The molecule has 4 nitrogen and oxygen atoms in total. The van der Waals surface area contributed by atoms with Crippen LogP contribution in [0, 0.1) is 5.92 Å². The molecule has 0 unspecified atom stereocenters. The summed E-state index contributed by atoms with van der Waals surface area (Å²) >= 11 is 0. The molecule has 7 heteroatoms. The predicted molar refractivity (Wildman–Crippen MR) is 79.6 cm³/mol. The van der Waals surface area contributed by atoms with Gasteiger partial charge in [-0.2, -0.15) is 13.2 Å². The molecule has 1 rings (SSSR count). The van der Waals surface area contributed by atoms with Crippen LogP contribution in [-0.4, -0.2) is 41.6 Å². The Morgan fingerprint density at radius 2 is 1.61 bits per heavy atom. The zero-order chi connectivity index (χ0) is 17.8.